The molecule has 1 heterocycles. The SMILES string of the molecule is Cc1ccc(CN(C)CCC(C)c2ccc(N)cc2)o1. The lowest BCUT2D eigenvalue weighted by Crippen LogP contribution is -2.20. The Hall–Kier alpha value is -1.74. The lowest BCUT2D eigenvalue weighted by atomic mass is 9.97. The van der Waals surface area contributed by atoms with E-state index in [9.17, 15) is 0 Å². The summed E-state index contributed by atoms with van der Waals surface area (Å²) in [5.41, 5.74) is 7.89. The van der Waals surface area contributed by atoms with Gasteiger partial charge in [-0.1, -0.05) is 19.1 Å². The minimum atomic E-state index is 0.538. The van der Waals surface area contributed by atoms with Crippen LogP contribution in [0.25, 0.3) is 0 Å². The van der Waals surface area contributed by atoms with E-state index in [4.69, 9.17) is 10.2 Å². The molecule has 0 aliphatic heterocycles. The molecule has 0 aliphatic carbocycles. The van der Waals surface area contributed by atoms with Gasteiger partial charge in [0.2, 0.25) is 0 Å². The lowest BCUT2D eigenvalue weighted by Gasteiger charge is -2.18. The van der Waals surface area contributed by atoms with E-state index in [0.29, 0.717) is 5.92 Å². The van der Waals surface area contributed by atoms with Crippen molar-refractivity contribution in [2.45, 2.75) is 32.7 Å². The van der Waals surface area contributed by atoms with Gasteiger partial charge in [0.1, 0.15) is 11.5 Å². The van der Waals surface area contributed by atoms with E-state index in [1.807, 2.05) is 25.1 Å². The predicted molar refractivity (Wildman–Crippen MR) is 83.7 cm³/mol. The van der Waals surface area contributed by atoms with Crippen molar-refractivity contribution in [1.29, 1.82) is 0 Å². The monoisotopic (exact) mass is 272 g/mol. The fourth-order valence-corrected chi connectivity index (χ4v) is 2.32. The molecule has 2 rings (SSSR count). The Labute approximate surface area is 121 Å². The van der Waals surface area contributed by atoms with Crippen LogP contribution in [-0.2, 0) is 6.54 Å². The number of nitrogens with zero attached hydrogens (tertiary/aromatic N) is 1. The molecule has 0 saturated heterocycles. The Morgan fingerprint density at radius 1 is 1.15 bits per heavy atom. The summed E-state index contributed by atoms with van der Waals surface area (Å²) >= 11 is 0. The Morgan fingerprint density at radius 2 is 1.85 bits per heavy atom. The van der Waals surface area contributed by atoms with Crippen LogP contribution in [0.15, 0.2) is 40.8 Å². The van der Waals surface area contributed by atoms with Crippen LogP contribution in [0.5, 0.6) is 0 Å². The first-order valence-corrected chi connectivity index (χ1v) is 7.14. The van der Waals surface area contributed by atoms with Crippen molar-refractivity contribution in [3.63, 3.8) is 0 Å². The van der Waals surface area contributed by atoms with Gasteiger partial charge in [-0.05, 0) is 62.7 Å². The normalized spacial score (nSPS) is 12.8. The summed E-state index contributed by atoms with van der Waals surface area (Å²) in [6, 6.07) is 12.3. The molecule has 3 nitrogen and oxygen atoms in total. The number of hydrogen-bond acceptors (Lipinski definition) is 3. The average Bonchev–Trinajstić information content (AvgIpc) is 2.82. The first kappa shape index (κ1) is 14.7. The molecule has 0 fully saturated rings. The van der Waals surface area contributed by atoms with Gasteiger partial charge < -0.3 is 10.2 Å². The standard InChI is InChI=1S/C17H24N2O/c1-13(15-5-7-16(18)8-6-15)10-11-19(3)12-17-9-4-14(2)20-17/h4-9,13H,10-12,18H2,1-3H3. The molecule has 1 unspecified atom stereocenters. The number of benzene rings is 1. The second-order valence-electron chi connectivity index (χ2n) is 5.61. The van der Waals surface area contributed by atoms with Crippen LogP contribution in [0.3, 0.4) is 0 Å². The maximum Gasteiger partial charge on any atom is 0.118 e. The minimum Gasteiger partial charge on any atom is -0.465 e. The largest absolute Gasteiger partial charge is 0.465 e. The third-order valence-corrected chi connectivity index (χ3v) is 3.67. The molecular weight excluding hydrogens is 248 g/mol. The zero-order chi connectivity index (χ0) is 14.5. The Kier molecular flexibility index (Phi) is 4.85. The van der Waals surface area contributed by atoms with Crippen molar-refractivity contribution in [2.24, 2.45) is 0 Å². The van der Waals surface area contributed by atoms with Gasteiger partial charge in [-0.15, -0.1) is 0 Å². The Balaban J connectivity index is 1.80. The Morgan fingerprint density at radius 3 is 2.45 bits per heavy atom. The van der Waals surface area contributed by atoms with E-state index < -0.39 is 0 Å². The number of nitrogen functional groups attached to an aromatic ring is 1. The molecule has 1 atom stereocenters. The number of hydrogen-bond donors (Lipinski definition) is 1. The fraction of sp³-hybridized carbons (Fsp3) is 0.412. The summed E-state index contributed by atoms with van der Waals surface area (Å²) in [6.07, 6.45) is 1.13. The third kappa shape index (κ3) is 4.14. The van der Waals surface area contributed by atoms with Crippen LogP contribution < -0.4 is 5.73 Å². The summed E-state index contributed by atoms with van der Waals surface area (Å²) < 4.78 is 5.60. The number of nitrogens with two attached hydrogens (primary N) is 1. The molecule has 0 radical (unpaired) electrons. The fourth-order valence-electron chi connectivity index (χ4n) is 2.32. The molecule has 20 heavy (non-hydrogen) atoms. The second kappa shape index (κ2) is 6.62. The molecule has 1 aromatic carbocycles. The minimum absolute atomic E-state index is 0.538. The lowest BCUT2D eigenvalue weighted by molar-refractivity contribution is 0.283. The van der Waals surface area contributed by atoms with Gasteiger partial charge in [0.05, 0.1) is 6.54 Å². The number of rotatable bonds is 6. The Bertz CT molecular complexity index is 530. The van der Waals surface area contributed by atoms with Gasteiger partial charge in [-0.2, -0.15) is 0 Å². The van der Waals surface area contributed by atoms with Gasteiger partial charge in [0.15, 0.2) is 0 Å². The molecular formula is C17H24N2O. The molecule has 0 saturated carbocycles. The zero-order valence-corrected chi connectivity index (χ0v) is 12.6. The number of anilines is 1. The van der Waals surface area contributed by atoms with E-state index in [1.54, 1.807) is 0 Å². The van der Waals surface area contributed by atoms with E-state index in [0.717, 1.165) is 36.7 Å². The molecule has 108 valence electrons. The highest BCUT2D eigenvalue weighted by atomic mass is 16.3. The van der Waals surface area contributed by atoms with Crippen LogP contribution in [0.1, 0.15) is 36.3 Å². The van der Waals surface area contributed by atoms with Crippen LogP contribution in [-0.4, -0.2) is 18.5 Å². The molecule has 2 N–H and O–H groups in total. The summed E-state index contributed by atoms with van der Waals surface area (Å²) in [5, 5.41) is 0. The second-order valence-corrected chi connectivity index (χ2v) is 5.61. The molecule has 2 aromatic rings. The van der Waals surface area contributed by atoms with Gasteiger partial charge in [0.25, 0.3) is 0 Å². The van der Waals surface area contributed by atoms with E-state index >= 15 is 0 Å². The highest BCUT2D eigenvalue weighted by molar-refractivity contribution is 5.40. The maximum atomic E-state index is 5.72. The maximum absolute atomic E-state index is 5.72. The van der Waals surface area contributed by atoms with Crippen LogP contribution >= 0.6 is 0 Å². The number of aryl methyl sites for hydroxylation is 1. The summed E-state index contributed by atoms with van der Waals surface area (Å²) in [5.74, 6) is 2.55. The van der Waals surface area contributed by atoms with Gasteiger partial charge in [-0.25, -0.2) is 0 Å². The van der Waals surface area contributed by atoms with Crippen molar-refractivity contribution >= 4 is 5.69 Å². The van der Waals surface area contributed by atoms with Gasteiger partial charge in [0, 0.05) is 5.69 Å². The van der Waals surface area contributed by atoms with Crippen molar-refractivity contribution < 1.29 is 4.42 Å². The third-order valence-electron chi connectivity index (χ3n) is 3.67. The summed E-state index contributed by atoms with van der Waals surface area (Å²) in [7, 11) is 2.13. The summed E-state index contributed by atoms with van der Waals surface area (Å²) in [4.78, 5) is 2.30. The first-order valence-electron chi connectivity index (χ1n) is 7.14. The van der Waals surface area contributed by atoms with E-state index in [2.05, 4.69) is 37.1 Å². The summed E-state index contributed by atoms with van der Waals surface area (Å²) in [6.45, 7) is 6.15. The molecule has 0 bridgehead atoms. The smallest absolute Gasteiger partial charge is 0.118 e. The van der Waals surface area contributed by atoms with E-state index in [-0.39, 0.29) is 0 Å². The highest BCUT2D eigenvalue weighted by Gasteiger charge is 2.09. The number of furan rings is 1. The zero-order valence-electron chi connectivity index (χ0n) is 12.6. The van der Waals surface area contributed by atoms with Crippen molar-refractivity contribution in [2.75, 3.05) is 19.3 Å². The average molecular weight is 272 g/mol. The molecule has 1 aromatic heterocycles. The predicted octanol–water partition coefficient (Wildman–Crippen LogP) is 3.80. The molecule has 0 amide bonds. The quantitative estimate of drug-likeness (QED) is 0.813. The topological polar surface area (TPSA) is 42.4 Å². The molecule has 3 heteroatoms. The van der Waals surface area contributed by atoms with Crippen LogP contribution in [0, 0.1) is 6.92 Å². The molecule has 0 aliphatic rings. The van der Waals surface area contributed by atoms with Crippen LogP contribution in [0.2, 0.25) is 0 Å². The van der Waals surface area contributed by atoms with Gasteiger partial charge in [-0.3, -0.25) is 4.90 Å². The van der Waals surface area contributed by atoms with Crippen molar-refractivity contribution in [3.8, 4) is 0 Å². The van der Waals surface area contributed by atoms with Crippen molar-refractivity contribution in [3.05, 3.63) is 53.5 Å². The van der Waals surface area contributed by atoms with Gasteiger partial charge >= 0.3 is 0 Å². The molecule has 0 spiro atoms. The highest BCUT2D eigenvalue weighted by Crippen LogP contribution is 2.20. The van der Waals surface area contributed by atoms with E-state index in [1.165, 1.54) is 5.56 Å². The van der Waals surface area contributed by atoms with Crippen molar-refractivity contribution in [1.82, 2.24) is 4.90 Å². The van der Waals surface area contributed by atoms with Crippen LogP contribution in [0.4, 0.5) is 5.69 Å². The first-order chi connectivity index (χ1) is 9.54.